The minimum atomic E-state index is -0.140. The summed E-state index contributed by atoms with van der Waals surface area (Å²) in [5, 5.41) is 10.9. The molecule has 1 heterocycles. The topological polar surface area (TPSA) is 25.2 Å². The lowest BCUT2D eigenvalue weighted by Crippen LogP contribution is -1.95. The Labute approximate surface area is 122 Å². The van der Waals surface area contributed by atoms with Crippen molar-refractivity contribution in [3.8, 4) is 11.4 Å². The van der Waals surface area contributed by atoms with Gasteiger partial charge < -0.3 is 9.67 Å². The number of nitrogens with zero attached hydrogens (tertiary/aromatic N) is 1. The Balaban J connectivity index is 2.76. The number of aromatic nitrogens is 1. The quantitative estimate of drug-likeness (QED) is 0.691. The van der Waals surface area contributed by atoms with Crippen molar-refractivity contribution >= 4 is 58.0 Å². The monoisotopic (exact) mass is 329 g/mol. The first-order valence-corrected chi connectivity index (χ1v) is 6.21. The van der Waals surface area contributed by atoms with E-state index < -0.39 is 0 Å². The molecule has 0 saturated carbocycles. The van der Waals surface area contributed by atoms with Gasteiger partial charge in [0.25, 0.3) is 0 Å². The summed E-state index contributed by atoms with van der Waals surface area (Å²) in [7, 11) is 0. The van der Waals surface area contributed by atoms with Gasteiger partial charge in [0.2, 0.25) is 0 Å². The van der Waals surface area contributed by atoms with Crippen molar-refractivity contribution < 1.29 is 5.11 Å². The molecule has 2 rings (SSSR count). The SMILES string of the molecule is Oc1cc(Cl)c(Cl)c(Cl)c1-n1cc(Cl)cc1Cl. The average molecular weight is 331 g/mol. The summed E-state index contributed by atoms with van der Waals surface area (Å²) in [5.74, 6) is -0.140. The van der Waals surface area contributed by atoms with Crippen molar-refractivity contribution in [2.24, 2.45) is 0 Å². The lowest BCUT2D eigenvalue weighted by molar-refractivity contribution is 0.472. The Morgan fingerprint density at radius 2 is 1.59 bits per heavy atom. The van der Waals surface area contributed by atoms with Crippen LogP contribution in [0.25, 0.3) is 5.69 Å². The van der Waals surface area contributed by atoms with Crippen molar-refractivity contribution in [3.05, 3.63) is 43.6 Å². The molecule has 0 saturated heterocycles. The molecular formula is C10H4Cl5NO. The fraction of sp³-hybridized carbons (Fsp3) is 0. The zero-order valence-electron chi connectivity index (χ0n) is 8.02. The van der Waals surface area contributed by atoms with E-state index in [1.807, 2.05) is 0 Å². The molecule has 1 N–H and O–H groups in total. The maximum Gasteiger partial charge on any atom is 0.142 e. The zero-order chi connectivity index (χ0) is 12.7. The number of benzene rings is 1. The number of phenols is 1. The molecule has 1 aromatic heterocycles. The minimum absolute atomic E-state index is 0.103. The van der Waals surface area contributed by atoms with Crippen LogP contribution in [0, 0.1) is 0 Å². The summed E-state index contributed by atoms with van der Waals surface area (Å²) in [4.78, 5) is 0. The van der Waals surface area contributed by atoms with Gasteiger partial charge in [-0.3, -0.25) is 0 Å². The van der Waals surface area contributed by atoms with E-state index in [9.17, 15) is 5.11 Å². The van der Waals surface area contributed by atoms with Gasteiger partial charge >= 0.3 is 0 Å². The lowest BCUT2D eigenvalue weighted by Gasteiger charge is -2.12. The van der Waals surface area contributed by atoms with E-state index in [0.717, 1.165) is 0 Å². The second kappa shape index (κ2) is 4.79. The molecule has 0 radical (unpaired) electrons. The largest absolute Gasteiger partial charge is 0.506 e. The van der Waals surface area contributed by atoms with E-state index in [1.165, 1.54) is 22.9 Å². The van der Waals surface area contributed by atoms with Gasteiger partial charge in [-0.2, -0.15) is 0 Å². The summed E-state index contributed by atoms with van der Waals surface area (Å²) < 4.78 is 1.42. The highest BCUT2D eigenvalue weighted by Crippen LogP contribution is 2.42. The van der Waals surface area contributed by atoms with E-state index in [2.05, 4.69) is 0 Å². The number of hydrogen-bond acceptors (Lipinski definition) is 1. The standard InChI is InChI=1S/C10H4Cl5NO/c11-4-1-7(13)16(3-4)10-6(17)2-5(12)8(14)9(10)15/h1-3,17H. The highest BCUT2D eigenvalue weighted by Gasteiger charge is 2.18. The van der Waals surface area contributed by atoms with Gasteiger partial charge in [-0.25, -0.2) is 0 Å². The number of halogens is 5. The number of hydrogen-bond donors (Lipinski definition) is 1. The molecule has 0 aliphatic heterocycles. The summed E-state index contributed by atoms with van der Waals surface area (Å²) >= 11 is 29.4. The van der Waals surface area contributed by atoms with Crippen LogP contribution in [0.2, 0.25) is 25.2 Å². The molecule has 0 atom stereocenters. The van der Waals surface area contributed by atoms with Gasteiger partial charge in [0, 0.05) is 12.3 Å². The van der Waals surface area contributed by atoms with Gasteiger partial charge in [0.15, 0.2) is 0 Å². The Kier molecular flexibility index (Phi) is 3.71. The molecule has 0 unspecified atom stereocenters. The van der Waals surface area contributed by atoms with E-state index in [1.54, 1.807) is 0 Å². The van der Waals surface area contributed by atoms with E-state index in [4.69, 9.17) is 58.0 Å². The maximum atomic E-state index is 9.83. The maximum absolute atomic E-state index is 9.83. The van der Waals surface area contributed by atoms with Crippen molar-refractivity contribution in [1.82, 2.24) is 4.57 Å². The van der Waals surface area contributed by atoms with Crippen LogP contribution in [0.3, 0.4) is 0 Å². The molecule has 0 aliphatic rings. The third kappa shape index (κ3) is 2.33. The normalized spacial score (nSPS) is 10.9. The molecular weight excluding hydrogens is 327 g/mol. The van der Waals surface area contributed by atoms with Crippen LogP contribution >= 0.6 is 58.0 Å². The third-order valence-corrected chi connectivity index (χ3v) is 3.85. The van der Waals surface area contributed by atoms with Gasteiger partial charge in [0.1, 0.15) is 16.6 Å². The molecule has 2 aromatic rings. The smallest absolute Gasteiger partial charge is 0.142 e. The van der Waals surface area contributed by atoms with E-state index in [0.29, 0.717) is 10.2 Å². The average Bonchev–Trinajstić information content (AvgIpc) is 2.55. The predicted molar refractivity (Wildman–Crippen MR) is 72.5 cm³/mol. The Bertz CT molecular complexity index is 593. The fourth-order valence-corrected chi connectivity index (χ4v) is 2.57. The predicted octanol–water partition coefficient (Wildman–Crippen LogP) is 5.45. The Hall–Kier alpha value is -0.250. The lowest BCUT2D eigenvalue weighted by atomic mass is 10.3. The van der Waals surface area contributed by atoms with Gasteiger partial charge in [-0.05, 0) is 6.07 Å². The molecule has 0 amide bonds. The van der Waals surface area contributed by atoms with E-state index in [-0.39, 0.29) is 26.5 Å². The van der Waals surface area contributed by atoms with Crippen molar-refractivity contribution in [2.45, 2.75) is 0 Å². The summed E-state index contributed by atoms with van der Waals surface area (Å²) in [6, 6.07) is 2.80. The third-order valence-electron chi connectivity index (χ3n) is 2.10. The van der Waals surface area contributed by atoms with Crippen LogP contribution < -0.4 is 0 Å². The number of phenolic OH excluding ortho intramolecular Hbond substituents is 1. The van der Waals surface area contributed by atoms with Crippen LogP contribution in [0.1, 0.15) is 0 Å². The minimum Gasteiger partial charge on any atom is -0.506 e. The molecule has 0 spiro atoms. The molecule has 0 aliphatic carbocycles. The van der Waals surface area contributed by atoms with Crippen molar-refractivity contribution in [2.75, 3.05) is 0 Å². The van der Waals surface area contributed by atoms with E-state index >= 15 is 0 Å². The highest BCUT2D eigenvalue weighted by molar-refractivity contribution is 6.49. The highest BCUT2D eigenvalue weighted by atomic mass is 35.5. The molecule has 90 valence electrons. The first-order valence-electron chi connectivity index (χ1n) is 4.32. The summed E-state index contributed by atoms with van der Waals surface area (Å²) in [6.07, 6.45) is 1.51. The summed E-state index contributed by atoms with van der Waals surface area (Å²) in [6.45, 7) is 0. The van der Waals surface area contributed by atoms with Gasteiger partial charge in [-0.15, -0.1) is 0 Å². The first kappa shape index (κ1) is 13.2. The van der Waals surface area contributed by atoms with Crippen LogP contribution in [0.15, 0.2) is 18.3 Å². The summed E-state index contributed by atoms with van der Waals surface area (Å²) in [5.41, 5.74) is 0.234. The molecule has 7 heteroatoms. The first-order chi connectivity index (χ1) is 7.91. The van der Waals surface area contributed by atoms with Crippen LogP contribution in [-0.4, -0.2) is 9.67 Å². The second-order valence-electron chi connectivity index (χ2n) is 3.21. The molecule has 0 bridgehead atoms. The Morgan fingerprint density at radius 3 is 2.12 bits per heavy atom. The van der Waals surface area contributed by atoms with Crippen molar-refractivity contribution in [1.29, 1.82) is 0 Å². The molecule has 1 aromatic carbocycles. The molecule has 2 nitrogen and oxygen atoms in total. The van der Waals surface area contributed by atoms with Gasteiger partial charge in [0.05, 0.1) is 20.1 Å². The number of aromatic hydroxyl groups is 1. The molecule has 0 fully saturated rings. The fourth-order valence-electron chi connectivity index (χ4n) is 1.38. The second-order valence-corrected chi connectivity index (χ2v) is 5.19. The zero-order valence-corrected chi connectivity index (χ0v) is 11.8. The van der Waals surface area contributed by atoms with Crippen molar-refractivity contribution in [3.63, 3.8) is 0 Å². The molecule has 17 heavy (non-hydrogen) atoms. The van der Waals surface area contributed by atoms with Gasteiger partial charge in [-0.1, -0.05) is 58.0 Å². The van der Waals surface area contributed by atoms with Crippen LogP contribution in [0.5, 0.6) is 5.75 Å². The Morgan fingerprint density at radius 1 is 0.941 bits per heavy atom. The van der Waals surface area contributed by atoms with Crippen LogP contribution in [0.4, 0.5) is 0 Å². The van der Waals surface area contributed by atoms with Crippen LogP contribution in [-0.2, 0) is 0 Å². The number of rotatable bonds is 1.